The van der Waals surface area contributed by atoms with Crippen LogP contribution in [0.25, 0.3) is 0 Å². The SMILES string of the molecule is COC(=O)C(C)(C)CCN1[C@H](C)CNC[C@@H]1C. The van der Waals surface area contributed by atoms with Gasteiger partial charge in [0.2, 0.25) is 0 Å². The molecule has 0 spiro atoms. The first-order chi connectivity index (χ1) is 7.88. The summed E-state index contributed by atoms with van der Waals surface area (Å²) in [6, 6.07) is 1.07. The summed E-state index contributed by atoms with van der Waals surface area (Å²) in [6.45, 7) is 11.4. The highest BCUT2D eigenvalue weighted by molar-refractivity contribution is 5.75. The van der Waals surface area contributed by atoms with Gasteiger partial charge in [-0.15, -0.1) is 0 Å². The Labute approximate surface area is 105 Å². The smallest absolute Gasteiger partial charge is 0.311 e. The van der Waals surface area contributed by atoms with Crippen LogP contribution in [0.3, 0.4) is 0 Å². The molecular formula is C13H26N2O2. The second-order valence-corrected chi connectivity index (χ2v) is 5.72. The first kappa shape index (κ1) is 14.5. The zero-order chi connectivity index (χ0) is 13.1. The van der Waals surface area contributed by atoms with Gasteiger partial charge in [0.05, 0.1) is 12.5 Å². The normalized spacial score (nSPS) is 26.9. The number of piperazine rings is 1. The van der Waals surface area contributed by atoms with E-state index in [0.717, 1.165) is 26.1 Å². The Morgan fingerprint density at radius 2 is 1.88 bits per heavy atom. The summed E-state index contributed by atoms with van der Waals surface area (Å²) in [4.78, 5) is 14.1. The highest BCUT2D eigenvalue weighted by Gasteiger charge is 2.31. The Kier molecular flexibility index (Phi) is 4.95. The third kappa shape index (κ3) is 3.68. The van der Waals surface area contributed by atoms with Gasteiger partial charge in [0.15, 0.2) is 0 Å². The van der Waals surface area contributed by atoms with Crippen LogP contribution in [0.15, 0.2) is 0 Å². The van der Waals surface area contributed by atoms with Gasteiger partial charge < -0.3 is 10.1 Å². The number of hydrogen-bond donors (Lipinski definition) is 1. The van der Waals surface area contributed by atoms with Crippen molar-refractivity contribution in [1.29, 1.82) is 0 Å². The van der Waals surface area contributed by atoms with E-state index in [9.17, 15) is 4.79 Å². The first-order valence-corrected chi connectivity index (χ1v) is 6.43. The summed E-state index contributed by atoms with van der Waals surface area (Å²) in [7, 11) is 1.46. The summed E-state index contributed by atoms with van der Waals surface area (Å²) in [5.41, 5.74) is -0.390. The highest BCUT2D eigenvalue weighted by atomic mass is 16.5. The fraction of sp³-hybridized carbons (Fsp3) is 0.923. The lowest BCUT2D eigenvalue weighted by atomic mass is 9.88. The number of carbonyl (C=O) groups is 1. The van der Waals surface area contributed by atoms with Crippen molar-refractivity contribution < 1.29 is 9.53 Å². The van der Waals surface area contributed by atoms with Gasteiger partial charge in [0, 0.05) is 25.2 Å². The number of rotatable bonds is 4. The molecule has 1 rings (SSSR count). The van der Waals surface area contributed by atoms with Crippen molar-refractivity contribution in [3.8, 4) is 0 Å². The molecule has 1 fully saturated rings. The minimum absolute atomic E-state index is 0.118. The molecule has 0 bridgehead atoms. The van der Waals surface area contributed by atoms with Gasteiger partial charge in [-0.05, 0) is 40.7 Å². The Morgan fingerprint density at radius 1 is 1.35 bits per heavy atom. The number of nitrogens with zero attached hydrogens (tertiary/aromatic N) is 1. The van der Waals surface area contributed by atoms with Gasteiger partial charge in [-0.25, -0.2) is 0 Å². The minimum atomic E-state index is -0.390. The minimum Gasteiger partial charge on any atom is -0.469 e. The third-order valence-electron chi connectivity index (χ3n) is 3.74. The van der Waals surface area contributed by atoms with E-state index < -0.39 is 0 Å². The van der Waals surface area contributed by atoms with Gasteiger partial charge in [-0.3, -0.25) is 9.69 Å². The summed E-state index contributed by atoms with van der Waals surface area (Å²) >= 11 is 0. The topological polar surface area (TPSA) is 41.6 Å². The maximum Gasteiger partial charge on any atom is 0.311 e. The van der Waals surface area contributed by atoms with E-state index in [2.05, 4.69) is 24.1 Å². The summed E-state index contributed by atoms with van der Waals surface area (Å²) < 4.78 is 4.84. The van der Waals surface area contributed by atoms with E-state index >= 15 is 0 Å². The van der Waals surface area contributed by atoms with E-state index in [-0.39, 0.29) is 11.4 Å². The van der Waals surface area contributed by atoms with E-state index in [4.69, 9.17) is 4.74 Å². The molecule has 1 N–H and O–H groups in total. The number of ether oxygens (including phenoxy) is 1. The second kappa shape index (κ2) is 5.83. The van der Waals surface area contributed by atoms with Crippen LogP contribution in [0, 0.1) is 5.41 Å². The standard InChI is InChI=1S/C13H26N2O2/c1-10-8-14-9-11(2)15(10)7-6-13(3,4)12(16)17-5/h10-11,14H,6-9H2,1-5H3/t10-,11+. The monoisotopic (exact) mass is 242 g/mol. The molecule has 1 aliphatic heterocycles. The number of methoxy groups -OCH3 is 1. The lowest BCUT2D eigenvalue weighted by molar-refractivity contribution is -0.151. The molecular weight excluding hydrogens is 216 g/mol. The molecule has 0 unspecified atom stereocenters. The molecule has 0 amide bonds. The molecule has 17 heavy (non-hydrogen) atoms. The average Bonchev–Trinajstić information content (AvgIpc) is 2.27. The van der Waals surface area contributed by atoms with E-state index in [1.165, 1.54) is 7.11 Å². The van der Waals surface area contributed by atoms with E-state index in [1.807, 2.05) is 13.8 Å². The zero-order valence-corrected chi connectivity index (χ0v) is 11.7. The molecule has 0 aromatic heterocycles. The molecule has 0 aromatic carbocycles. The quantitative estimate of drug-likeness (QED) is 0.754. The van der Waals surface area contributed by atoms with Crippen LogP contribution in [0.4, 0.5) is 0 Å². The second-order valence-electron chi connectivity index (χ2n) is 5.72. The Morgan fingerprint density at radius 3 is 2.35 bits per heavy atom. The average molecular weight is 242 g/mol. The van der Waals surface area contributed by atoms with E-state index in [1.54, 1.807) is 0 Å². The van der Waals surface area contributed by atoms with Gasteiger partial charge in [-0.1, -0.05) is 0 Å². The lowest BCUT2D eigenvalue weighted by Crippen LogP contribution is -2.55. The van der Waals surface area contributed by atoms with Crippen LogP contribution < -0.4 is 5.32 Å². The molecule has 1 saturated heterocycles. The molecule has 0 saturated carbocycles. The Hall–Kier alpha value is -0.610. The number of nitrogens with one attached hydrogen (secondary N) is 1. The summed E-state index contributed by atoms with van der Waals surface area (Å²) in [5, 5.41) is 3.41. The first-order valence-electron chi connectivity index (χ1n) is 6.43. The van der Waals surface area contributed by atoms with Gasteiger partial charge in [-0.2, -0.15) is 0 Å². The van der Waals surface area contributed by atoms with Crippen molar-refractivity contribution in [3.63, 3.8) is 0 Å². The fourth-order valence-corrected chi connectivity index (χ4v) is 2.40. The maximum absolute atomic E-state index is 11.6. The van der Waals surface area contributed by atoms with Crippen molar-refractivity contribution in [2.75, 3.05) is 26.7 Å². The third-order valence-corrected chi connectivity index (χ3v) is 3.74. The predicted molar refractivity (Wildman–Crippen MR) is 68.9 cm³/mol. The zero-order valence-electron chi connectivity index (χ0n) is 11.7. The Balaban J connectivity index is 2.51. The highest BCUT2D eigenvalue weighted by Crippen LogP contribution is 2.24. The molecule has 0 aromatic rings. The molecule has 1 aliphatic rings. The van der Waals surface area contributed by atoms with Crippen LogP contribution in [-0.2, 0) is 9.53 Å². The predicted octanol–water partition coefficient (Wildman–Crippen LogP) is 1.26. The van der Waals surface area contributed by atoms with Crippen molar-refractivity contribution in [2.45, 2.75) is 46.2 Å². The van der Waals surface area contributed by atoms with Crippen molar-refractivity contribution in [3.05, 3.63) is 0 Å². The number of esters is 1. The Bertz CT molecular complexity index is 256. The van der Waals surface area contributed by atoms with Gasteiger partial charge in [0.25, 0.3) is 0 Å². The largest absolute Gasteiger partial charge is 0.469 e. The van der Waals surface area contributed by atoms with E-state index in [0.29, 0.717) is 12.1 Å². The van der Waals surface area contributed by atoms with Crippen LogP contribution in [-0.4, -0.2) is 49.7 Å². The van der Waals surface area contributed by atoms with Gasteiger partial charge in [0.1, 0.15) is 0 Å². The molecule has 2 atom stereocenters. The number of hydrogen-bond acceptors (Lipinski definition) is 4. The molecule has 0 aliphatic carbocycles. The summed E-state index contributed by atoms with van der Waals surface area (Å²) in [6.07, 6.45) is 0.842. The fourth-order valence-electron chi connectivity index (χ4n) is 2.40. The lowest BCUT2D eigenvalue weighted by Gasteiger charge is -2.40. The van der Waals surface area contributed by atoms with Crippen molar-refractivity contribution >= 4 is 5.97 Å². The molecule has 1 heterocycles. The van der Waals surface area contributed by atoms with Crippen LogP contribution in [0.5, 0.6) is 0 Å². The number of carbonyl (C=O) groups excluding carboxylic acids is 1. The van der Waals surface area contributed by atoms with Crippen molar-refractivity contribution in [2.24, 2.45) is 5.41 Å². The molecule has 100 valence electrons. The van der Waals surface area contributed by atoms with Crippen LogP contribution in [0.2, 0.25) is 0 Å². The van der Waals surface area contributed by atoms with Crippen molar-refractivity contribution in [1.82, 2.24) is 10.2 Å². The molecule has 4 nitrogen and oxygen atoms in total. The maximum atomic E-state index is 11.6. The van der Waals surface area contributed by atoms with Crippen LogP contribution in [0.1, 0.15) is 34.1 Å². The molecule has 0 radical (unpaired) electrons. The summed E-state index contributed by atoms with van der Waals surface area (Å²) in [5.74, 6) is -0.118. The van der Waals surface area contributed by atoms with Gasteiger partial charge >= 0.3 is 5.97 Å². The molecule has 4 heteroatoms. The van der Waals surface area contributed by atoms with Crippen LogP contribution >= 0.6 is 0 Å².